The molecule has 0 radical (unpaired) electrons. The molecule has 5 heteroatoms. The van der Waals surface area contributed by atoms with Gasteiger partial charge in [0.05, 0.1) is 18.9 Å². The zero-order valence-corrected chi connectivity index (χ0v) is 10.1. The Kier molecular flexibility index (Phi) is 2.95. The summed E-state index contributed by atoms with van der Waals surface area (Å²) in [5, 5.41) is 2.83. The quantitative estimate of drug-likeness (QED) is 0.904. The van der Waals surface area contributed by atoms with Gasteiger partial charge in [-0.05, 0) is 30.3 Å². The first-order chi connectivity index (χ1) is 9.24. The molecular formula is C14H12FNO3. The number of benzene rings is 1. The number of carbonyl (C=O) groups is 1. The molecule has 1 aromatic heterocycles. The first-order valence-corrected chi connectivity index (χ1v) is 6.00. The van der Waals surface area contributed by atoms with Crippen molar-refractivity contribution in [1.82, 2.24) is 5.32 Å². The fraction of sp³-hybridized carbons (Fsp3) is 0.214. The molecule has 2 heterocycles. The Labute approximate surface area is 109 Å². The lowest BCUT2D eigenvalue weighted by molar-refractivity contribution is 0.0896. The number of ether oxygens (including phenoxy) is 1. The highest BCUT2D eigenvalue weighted by Crippen LogP contribution is 2.32. The number of hydrogen-bond acceptors (Lipinski definition) is 3. The van der Waals surface area contributed by atoms with E-state index in [1.54, 1.807) is 18.2 Å². The van der Waals surface area contributed by atoms with Crippen LogP contribution in [0.2, 0.25) is 0 Å². The SMILES string of the molecule is O=C(NC1CCOc2ccc(F)cc21)c1ccco1. The molecule has 0 fully saturated rings. The fourth-order valence-electron chi connectivity index (χ4n) is 2.15. The maximum absolute atomic E-state index is 13.3. The zero-order chi connectivity index (χ0) is 13.2. The molecule has 0 bridgehead atoms. The summed E-state index contributed by atoms with van der Waals surface area (Å²) in [7, 11) is 0. The van der Waals surface area contributed by atoms with Gasteiger partial charge in [0.15, 0.2) is 5.76 Å². The summed E-state index contributed by atoms with van der Waals surface area (Å²) in [6, 6.07) is 7.28. The maximum atomic E-state index is 13.3. The Balaban J connectivity index is 1.84. The van der Waals surface area contributed by atoms with E-state index in [9.17, 15) is 9.18 Å². The highest BCUT2D eigenvalue weighted by atomic mass is 19.1. The number of amides is 1. The van der Waals surface area contributed by atoms with Crippen LogP contribution in [0.15, 0.2) is 41.0 Å². The van der Waals surface area contributed by atoms with Crippen molar-refractivity contribution in [3.8, 4) is 5.75 Å². The number of fused-ring (bicyclic) bond motifs is 1. The number of rotatable bonds is 2. The molecule has 1 aliphatic heterocycles. The standard InChI is InChI=1S/C14H12FNO3/c15-9-3-4-12-10(8-9)11(5-7-19-12)16-14(17)13-2-1-6-18-13/h1-4,6,8,11H,5,7H2,(H,16,17). The summed E-state index contributed by atoms with van der Waals surface area (Å²) in [5.41, 5.74) is 0.658. The van der Waals surface area contributed by atoms with Crippen molar-refractivity contribution in [1.29, 1.82) is 0 Å². The molecule has 1 amide bonds. The molecule has 1 N–H and O–H groups in total. The van der Waals surface area contributed by atoms with E-state index < -0.39 is 0 Å². The van der Waals surface area contributed by atoms with Crippen molar-refractivity contribution in [2.24, 2.45) is 0 Å². The van der Waals surface area contributed by atoms with Gasteiger partial charge >= 0.3 is 0 Å². The van der Waals surface area contributed by atoms with Crippen LogP contribution in [0.5, 0.6) is 5.75 Å². The molecular weight excluding hydrogens is 249 g/mol. The number of nitrogens with one attached hydrogen (secondary N) is 1. The molecule has 2 aromatic rings. The lowest BCUT2D eigenvalue weighted by Crippen LogP contribution is -2.32. The summed E-state index contributed by atoms with van der Waals surface area (Å²) >= 11 is 0. The maximum Gasteiger partial charge on any atom is 0.287 e. The van der Waals surface area contributed by atoms with E-state index in [2.05, 4.69) is 5.32 Å². The van der Waals surface area contributed by atoms with E-state index in [0.29, 0.717) is 24.3 Å². The third kappa shape index (κ3) is 2.31. The Hall–Kier alpha value is -2.30. The van der Waals surface area contributed by atoms with E-state index in [4.69, 9.17) is 9.15 Å². The van der Waals surface area contributed by atoms with Crippen LogP contribution in [0.3, 0.4) is 0 Å². The molecule has 1 aromatic carbocycles. The second-order valence-corrected chi connectivity index (χ2v) is 4.32. The minimum absolute atomic E-state index is 0.240. The molecule has 98 valence electrons. The monoisotopic (exact) mass is 261 g/mol. The molecule has 1 unspecified atom stereocenters. The third-order valence-electron chi connectivity index (χ3n) is 3.06. The van der Waals surface area contributed by atoms with Gasteiger partial charge in [0.25, 0.3) is 5.91 Å². The second kappa shape index (κ2) is 4.76. The molecule has 0 spiro atoms. The number of hydrogen-bond donors (Lipinski definition) is 1. The summed E-state index contributed by atoms with van der Waals surface area (Å²) < 4.78 is 23.8. The minimum atomic E-state index is -0.346. The van der Waals surface area contributed by atoms with Gasteiger partial charge in [-0.3, -0.25) is 4.79 Å². The fourth-order valence-corrected chi connectivity index (χ4v) is 2.15. The summed E-state index contributed by atoms with van der Waals surface area (Å²) in [5.74, 6) is 0.190. The molecule has 1 aliphatic rings. The van der Waals surface area contributed by atoms with Crippen LogP contribution >= 0.6 is 0 Å². The molecule has 3 rings (SSSR count). The van der Waals surface area contributed by atoms with Crippen LogP contribution in [-0.2, 0) is 0 Å². The number of carbonyl (C=O) groups excluding carboxylic acids is 1. The Bertz CT molecular complexity index is 595. The van der Waals surface area contributed by atoms with Crippen LogP contribution in [-0.4, -0.2) is 12.5 Å². The normalized spacial score (nSPS) is 17.4. The first-order valence-electron chi connectivity index (χ1n) is 6.00. The smallest absolute Gasteiger partial charge is 0.287 e. The Morgan fingerprint density at radius 3 is 3.05 bits per heavy atom. The van der Waals surface area contributed by atoms with Crippen LogP contribution in [0.25, 0.3) is 0 Å². The average molecular weight is 261 g/mol. The van der Waals surface area contributed by atoms with Gasteiger partial charge in [-0.1, -0.05) is 0 Å². The first kappa shape index (κ1) is 11.8. The predicted molar refractivity (Wildman–Crippen MR) is 65.4 cm³/mol. The molecule has 4 nitrogen and oxygen atoms in total. The van der Waals surface area contributed by atoms with Crippen molar-refractivity contribution in [3.05, 3.63) is 53.7 Å². The molecule has 0 saturated heterocycles. The Morgan fingerprint density at radius 2 is 2.26 bits per heavy atom. The lowest BCUT2D eigenvalue weighted by atomic mass is 10.0. The van der Waals surface area contributed by atoms with Crippen molar-refractivity contribution < 1.29 is 18.3 Å². The summed E-state index contributed by atoms with van der Waals surface area (Å²) in [4.78, 5) is 11.9. The molecule has 19 heavy (non-hydrogen) atoms. The van der Waals surface area contributed by atoms with Gasteiger partial charge in [0, 0.05) is 12.0 Å². The van der Waals surface area contributed by atoms with Crippen molar-refractivity contribution in [3.63, 3.8) is 0 Å². The van der Waals surface area contributed by atoms with E-state index in [1.807, 2.05) is 0 Å². The van der Waals surface area contributed by atoms with E-state index in [0.717, 1.165) is 0 Å². The van der Waals surface area contributed by atoms with Crippen LogP contribution in [0.4, 0.5) is 4.39 Å². The summed E-state index contributed by atoms with van der Waals surface area (Å²) in [6.45, 7) is 0.488. The van der Waals surface area contributed by atoms with Crippen LogP contribution < -0.4 is 10.1 Å². The zero-order valence-electron chi connectivity index (χ0n) is 10.1. The highest BCUT2D eigenvalue weighted by Gasteiger charge is 2.24. The lowest BCUT2D eigenvalue weighted by Gasteiger charge is -2.26. The molecule has 1 atom stereocenters. The molecule has 0 aliphatic carbocycles. The van der Waals surface area contributed by atoms with Crippen LogP contribution in [0.1, 0.15) is 28.6 Å². The van der Waals surface area contributed by atoms with Gasteiger partial charge in [-0.15, -0.1) is 0 Å². The number of furan rings is 1. The molecule has 0 saturated carbocycles. The van der Waals surface area contributed by atoms with E-state index in [-0.39, 0.29) is 23.5 Å². The van der Waals surface area contributed by atoms with Gasteiger partial charge in [-0.25, -0.2) is 4.39 Å². The largest absolute Gasteiger partial charge is 0.493 e. The van der Waals surface area contributed by atoms with Gasteiger partial charge in [0.2, 0.25) is 0 Å². The Morgan fingerprint density at radius 1 is 1.37 bits per heavy atom. The van der Waals surface area contributed by atoms with Crippen molar-refractivity contribution in [2.45, 2.75) is 12.5 Å². The summed E-state index contributed by atoms with van der Waals surface area (Å²) in [6.07, 6.45) is 2.04. The third-order valence-corrected chi connectivity index (χ3v) is 3.06. The number of halogens is 1. The highest BCUT2D eigenvalue weighted by molar-refractivity contribution is 5.91. The second-order valence-electron chi connectivity index (χ2n) is 4.32. The van der Waals surface area contributed by atoms with Crippen molar-refractivity contribution >= 4 is 5.91 Å². The van der Waals surface area contributed by atoms with Gasteiger partial charge in [-0.2, -0.15) is 0 Å². The van der Waals surface area contributed by atoms with Gasteiger partial charge < -0.3 is 14.5 Å². The average Bonchev–Trinajstić information content (AvgIpc) is 2.93. The van der Waals surface area contributed by atoms with E-state index in [1.165, 1.54) is 18.4 Å². The predicted octanol–water partition coefficient (Wildman–Crippen LogP) is 2.67. The van der Waals surface area contributed by atoms with Gasteiger partial charge in [0.1, 0.15) is 11.6 Å². The topological polar surface area (TPSA) is 51.5 Å². The minimum Gasteiger partial charge on any atom is -0.493 e. The van der Waals surface area contributed by atoms with Crippen LogP contribution in [0, 0.1) is 5.82 Å². The van der Waals surface area contributed by atoms with Crippen molar-refractivity contribution in [2.75, 3.05) is 6.61 Å². The van der Waals surface area contributed by atoms with E-state index >= 15 is 0 Å².